The van der Waals surface area contributed by atoms with Crippen molar-refractivity contribution in [2.24, 2.45) is 0 Å². The molecule has 1 aromatic carbocycles. The second-order valence-corrected chi connectivity index (χ2v) is 5.35. The van der Waals surface area contributed by atoms with Gasteiger partial charge in [-0.3, -0.25) is 9.69 Å². The van der Waals surface area contributed by atoms with Gasteiger partial charge in [0, 0.05) is 23.5 Å². The lowest BCUT2D eigenvalue weighted by molar-refractivity contribution is -0.117. The molecule has 0 fully saturated rings. The highest BCUT2D eigenvalue weighted by Crippen LogP contribution is 2.21. The molecule has 1 N–H and O–H groups in total. The van der Waals surface area contributed by atoms with Crippen molar-refractivity contribution in [1.29, 1.82) is 5.26 Å². The summed E-state index contributed by atoms with van der Waals surface area (Å²) >= 11 is 3.39. The molecule has 0 radical (unpaired) electrons. The first kappa shape index (κ1) is 15.7. The molecule has 0 saturated heterocycles. The molecule has 0 heterocycles. The molecule has 1 aromatic rings. The van der Waals surface area contributed by atoms with Crippen molar-refractivity contribution in [2.45, 2.75) is 26.3 Å². The Balaban J connectivity index is 2.58. The number of anilines is 1. The molecule has 5 heteroatoms. The van der Waals surface area contributed by atoms with Gasteiger partial charge in [-0.05, 0) is 41.9 Å². The Morgan fingerprint density at radius 2 is 2.16 bits per heavy atom. The fourth-order valence-corrected chi connectivity index (χ4v) is 2.03. The standard InChI is InChI=1S/C14H18BrN3O/c1-11(2)18(9-5-8-16)10-14(19)17-13-7-4-3-6-12(13)15/h3-4,6-7,11H,5,9-10H2,1-2H3,(H,17,19). The number of rotatable bonds is 6. The van der Waals surface area contributed by atoms with E-state index in [2.05, 4.69) is 27.3 Å². The molecule has 0 saturated carbocycles. The number of nitrogens with one attached hydrogen (secondary N) is 1. The van der Waals surface area contributed by atoms with E-state index < -0.39 is 0 Å². The van der Waals surface area contributed by atoms with E-state index in [0.717, 1.165) is 10.2 Å². The average molecular weight is 324 g/mol. The Morgan fingerprint density at radius 3 is 2.74 bits per heavy atom. The van der Waals surface area contributed by atoms with Gasteiger partial charge < -0.3 is 5.32 Å². The van der Waals surface area contributed by atoms with E-state index in [1.165, 1.54) is 0 Å². The zero-order valence-electron chi connectivity index (χ0n) is 11.2. The Kier molecular flexibility index (Phi) is 6.54. The Labute approximate surface area is 122 Å². The number of nitrogens with zero attached hydrogens (tertiary/aromatic N) is 2. The lowest BCUT2D eigenvalue weighted by atomic mass is 10.2. The fourth-order valence-electron chi connectivity index (χ4n) is 1.65. The van der Waals surface area contributed by atoms with Crippen LogP contribution in [0.15, 0.2) is 28.7 Å². The van der Waals surface area contributed by atoms with E-state index in [1.54, 1.807) is 0 Å². The first-order valence-corrected chi connectivity index (χ1v) is 6.99. The fraction of sp³-hybridized carbons (Fsp3) is 0.429. The van der Waals surface area contributed by atoms with Gasteiger partial charge >= 0.3 is 0 Å². The maximum atomic E-state index is 12.0. The molecule has 0 bridgehead atoms. The van der Waals surface area contributed by atoms with Gasteiger partial charge in [0.15, 0.2) is 0 Å². The smallest absolute Gasteiger partial charge is 0.238 e. The molecule has 102 valence electrons. The van der Waals surface area contributed by atoms with Gasteiger partial charge in [-0.2, -0.15) is 5.26 Å². The number of halogens is 1. The van der Waals surface area contributed by atoms with Crippen molar-refractivity contribution in [1.82, 2.24) is 4.90 Å². The van der Waals surface area contributed by atoms with Crippen LogP contribution < -0.4 is 5.32 Å². The molecule has 1 amide bonds. The minimum atomic E-state index is -0.0708. The van der Waals surface area contributed by atoms with Crippen molar-refractivity contribution in [3.63, 3.8) is 0 Å². The van der Waals surface area contributed by atoms with Crippen LogP contribution in [-0.4, -0.2) is 29.9 Å². The van der Waals surface area contributed by atoms with E-state index in [0.29, 0.717) is 19.5 Å². The van der Waals surface area contributed by atoms with E-state index in [-0.39, 0.29) is 11.9 Å². The molecule has 0 aliphatic carbocycles. The van der Waals surface area contributed by atoms with Crippen LogP contribution in [-0.2, 0) is 4.79 Å². The minimum absolute atomic E-state index is 0.0708. The Hall–Kier alpha value is -1.38. The largest absolute Gasteiger partial charge is 0.324 e. The van der Waals surface area contributed by atoms with Crippen LogP contribution in [0.2, 0.25) is 0 Å². The van der Waals surface area contributed by atoms with E-state index >= 15 is 0 Å². The van der Waals surface area contributed by atoms with Crippen LogP contribution in [0.25, 0.3) is 0 Å². The van der Waals surface area contributed by atoms with Crippen LogP contribution in [0, 0.1) is 11.3 Å². The Morgan fingerprint density at radius 1 is 1.47 bits per heavy atom. The summed E-state index contributed by atoms with van der Waals surface area (Å²) in [6.45, 7) is 4.93. The van der Waals surface area contributed by atoms with Crippen LogP contribution in [0.5, 0.6) is 0 Å². The van der Waals surface area contributed by atoms with Crippen molar-refractivity contribution < 1.29 is 4.79 Å². The molecule has 0 spiro atoms. The van der Waals surface area contributed by atoms with E-state index in [1.807, 2.05) is 43.0 Å². The van der Waals surface area contributed by atoms with Gasteiger partial charge in [0.2, 0.25) is 5.91 Å². The first-order chi connectivity index (χ1) is 9.04. The van der Waals surface area contributed by atoms with Crippen LogP contribution >= 0.6 is 15.9 Å². The summed E-state index contributed by atoms with van der Waals surface area (Å²) in [6, 6.07) is 9.83. The van der Waals surface area contributed by atoms with Crippen molar-refractivity contribution in [3.05, 3.63) is 28.7 Å². The number of amides is 1. The van der Waals surface area contributed by atoms with Gasteiger partial charge in [0.1, 0.15) is 0 Å². The molecular weight excluding hydrogens is 306 g/mol. The van der Waals surface area contributed by atoms with Gasteiger partial charge in [-0.1, -0.05) is 12.1 Å². The van der Waals surface area contributed by atoms with Gasteiger partial charge in [0.05, 0.1) is 18.3 Å². The van der Waals surface area contributed by atoms with Gasteiger partial charge in [-0.25, -0.2) is 0 Å². The number of nitriles is 1. The average Bonchev–Trinajstić information content (AvgIpc) is 2.37. The first-order valence-electron chi connectivity index (χ1n) is 6.20. The number of hydrogen-bond donors (Lipinski definition) is 1. The predicted octanol–water partition coefficient (Wildman–Crippen LogP) is 3.01. The van der Waals surface area contributed by atoms with Gasteiger partial charge in [0.25, 0.3) is 0 Å². The third kappa shape index (κ3) is 5.41. The SMILES string of the molecule is CC(C)N(CCC#N)CC(=O)Nc1ccccc1Br. The summed E-state index contributed by atoms with van der Waals surface area (Å²) in [5.74, 6) is -0.0708. The topological polar surface area (TPSA) is 56.1 Å². The molecule has 0 atom stereocenters. The van der Waals surface area contributed by atoms with Gasteiger partial charge in [-0.15, -0.1) is 0 Å². The molecule has 0 aliphatic rings. The zero-order valence-corrected chi connectivity index (χ0v) is 12.8. The molecular formula is C14H18BrN3O. The maximum absolute atomic E-state index is 12.0. The molecule has 19 heavy (non-hydrogen) atoms. The summed E-state index contributed by atoms with van der Waals surface area (Å²) in [6.07, 6.45) is 0.431. The molecule has 0 aromatic heterocycles. The third-order valence-corrected chi connectivity index (χ3v) is 3.43. The summed E-state index contributed by atoms with van der Waals surface area (Å²) < 4.78 is 0.858. The molecule has 1 rings (SSSR count). The summed E-state index contributed by atoms with van der Waals surface area (Å²) in [5.41, 5.74) is 0.761. The van der Waals surface area contributed by atoms with Crippen molar-refractivity contribution in [2.75, 3.05) is 18.4 Å². The lowest BCUT2D eigenvalue weighted by Crippen LogP contribution is -2.38. The molecule has 4 nitrogen and oxygen atoms in total. The monoisotopic (exact) mass is 323 g/mol. The van der Waals surface area contributed by atoms with Crippen molar-refractivity contribution >= 4 is 27.5 Å². The lowest BCUT2D eigenvalue weighted by Gasteiger charge is -2.24. The number of benzene rings is 1. The molecule has 0 unspecified atom stereocenters. The van der Waals surface area contributed by atoms with Crippen LogP contribution in [0.3, 0.4) is 0 Å². The second kappa shape index (κ2) is 7.93. The van der Waals surface area contributed by atoms with E-state index in [4.69, 9.17) is 5.26 Å². The highest BCUT2D eigenvalue weighted by atomic mass is 79.9. The second-order valence-electron chi connectivity index (χ2n) is 4.50. The van der Waals surface area contributed by atoms with Crippen molar-refractivity contribution in [3.8, 4) is 6.07 Å². The number of para-hydroxylation sites is 1. The summed E-state index contributed by atoms with van der Waals surface area (Å²) in [7, 11) is 0. The minimum Gasteiger partial charge on any atom is -0.324 e. The third-order valence-electron chi connectivity index (χ3n) is 2.74. The maximum Gasteiger partial charge on any atom is 0.238 e. The quantitative estimate of drug-likeness (QED) is 0.875. The van der Waals surface area contributed by atoms with Crippen LogP contribution in [0.1, 0.15) is 20.3 Å². The zero-order chi connectivity index (χ0) is 14.3. The number of carbonyl (C=O) groups is 1. The number of carbonyl (C=O) groups excluding carboxylic acids is 1. The summed E-state index contributed by atoms with van der Waals surface area (Å²) in [5, 5.41) is 11.5. The summed E-state index contributed by atoms with van der Waals surface area (Å²) in [4.78, 5) is 14.0. The predicted molar refractivity (Wildman–Crippen MR) is 79.7 cm³/mol. The highest BCUT2D eigenvalue weighted by molar-refractivity contribution is 9.10. The Bertz CT molecular complexity index is 468. The number of hydrogen-bond acceptors (Lipinski definition) is 3. The van der Waals surface area contributed by atoms with Crippen LogP contribution in [0.4, 0.5) is 5.69 Å². The highest BCUT2D eigenvalue weighted by Gasteiger charge is 2.14. The molecule has 0 aliphatic heterocycles. The van der Waals surface area contributed by atoms with E-state index in [9.17, 15) is 4.79 Å². The normalized spacial score (nSPS) is 10.5.